The van der Waals surface area contributed by atoms with E-state index in [1.807, 2.05) is 60.7 Å². The van der Waals surface area contributed by atoms with Gasteiger partial charge < -0.3 is 15.0 Å². The molecule has 4 rings (SSSR count). The minimum atomic E-state index is -0.594. The zero-order chi connectivity index (χ0) is 20.2. The van der Waals surface area contributed by atoms with Crippen molar-refractivity contribution in [1.29, 1.82) is 0 Å². The summed E-state index contributed by atoms with van der Waals surface area (Å²) in [7, 11) is 0. The van der Waals surface area contributed by atoms with Crippen LogP contribution in [0.1, 0.15) is 21.5 Å². The fraction of sp³-hybridized carbons (Fsp3) is 0.0833. The minimum Gasteiger partial charge on any atom is -0.506 e. The number of rotatable bonds is 5. The fourth-order valence-electron chi connectivity index (χ4n) is 3.38. The summed E-state index contributed by atoms with van der Waals surface area (Å²) in [5.41, 5.74) is 1.66. The lowest BCUT2D eigenvalue weighted by molar-refractivity contribution is 0.0946. The number of carbonyl (C=O) groups is 1. The smallest absolute Gasteiger partial charge is 0.268 e. The summed E-state index contributed by atoms with van der Waals surface area (Å²) in [5, 5.41) is 13.9. The van der Waals surface area contributed by atoms with Gasteiger partial charge in [-0.1, -0.05) is 72.8 Å². The quantitative estimate of drug-likeness (QED) is 0.551. The van der Waals surface area contributed by atoms with Crippen molar-refractivity contribution in [2.45, 2.75) is 13.1 Å². The molecule has 4 aromatic rings. The summed E-state index contributed by atoms with van der Waals surface area (Å²) in [6, 6.07) is 26.0. The molecular formula is C24H20N2O3. The van der Waals surface area contributed by atoms with Crippen molar-refractivity contribution in [2.24, 2.45) is 0 Å². The van der Waals surface area contributed by atoms with Gasteiger partial charge >= 0.3 is 0 Å². The van der Waals surface area contributed by atoms with Gasteiger partial charge in [0.05, 0.1) is 12.1 Å². The molecule has 1 heterocycles. The standard InChI is InChI=1S/C24H20N2O3/c27-22-19-13-7-8-14-20(19)26(16-18-11-5-2-6-12-18)24(29)21(22)23(28)25-15-17-9-3-1-4-10-17/h1-14,27H,15-16H2,(H,25,28). The maximum absolute atomic E-state index is 13.2. The van der Waals surface area contributed by atoms with Crippen LogP contribution in [0.5, 0.6) is 5.75 Å². The third-order valence-electron chi connectivity index (χ3n) is 4.85. The molecule has 144 valence electrons. The van der Waals surface area contributed by atoms with Gasteiger partial charge in [0.15, 0.2) is 0 Å². The Bertz CT molecular complexity index is 1220. The summed E-state index contributed by atoms with van der Waals surface area (Å²) in [5.74, 6) is -0.885. The molecule has 0 unspecified atom stereocenters. The van der Waals surface area contributed by atoms with Crippen LogP contribution in [0, 0.1) is 0 Å². The predicted octanol–water partition coefficient (Wildman–Crippen LogP) is 3.69. The Morgan fingerprint density at radius 2 is 1.41 bits per heavy atom. The summed E-state index contributed by atoms with van der Waals surface area (Å²) in [6.45, 7) is 0.573. The van der Waals surface area contributed by atoms with Crippen LogP contribution in [0.25, 0.3) is 10.9 Å². The van der Waals surface area contributed by atoms with E-state index in [0.717, 1.165) is 11.1 Å². The molecule has 0 saturated carbocycles. The molecule has 3 aromatic carbocycles. The van der Waals surface area contributed by atoms with E-state index in [9.17, 15) is 14.7 Å². The minimum absolute atomic E-state index is 0.240. The van der Waals surface area contributed by atoms with Crippen molar-refractivity contribution < 1.29 is 9.90 Å². The second kappa shape index (κ2) is 8.02. The molecule has 0 fully saturated rings. The highest BCUT2D eigenvalue weighted by Gasteiger charge is 2.22. The third kappa shape index (κ3) is 3.75. The van der Waals surface area contributed by atoms with Gasteiger partial charge in [-0.05, 0) is 23.3 Å². The number of nitrogens with zero attached hydrogens (tertiary/aromatic N) is 1. The van der Waals surface area contributed by atoms with Crippen LogP contribution in [0.15, 0.2) is 89.7 Å². The van der Waals surface area contributed by atoms with E-state index in [4.69, 9.17) is 0 Å². The van der Waals surface area contributed by atoms with Crippen LogP contribution in [0.4, 0.5) is 0 Å². The first kappa shape index (κ1) is 18.5. The SMILES string of the molecule is O=C(NCc1ccccc1)c1c(O)c2ccccc2n(Cc2ccccc2)c1=O. The molecule has 0 saturated heterocycles. The number of aromatic hydroxyl groups is 1. The Labute approximate surface area is 167 Å². The summed E-state index contributed by atoms with van der Waals surface area (Å²) < 4.78 is 1.53. The van der Waals surface area contributed by atoms with Crippen molar-refractivity contribution in [3.05, 3.63) is 112 Å². The number of nitrogens with one attached hydrogen (secondary N) is 1. The molecule has 2 N–H and O–H groups in total. The van der Waals surface area contributed by atoms with Gasteiger partial charge in [0.2, 0.25) is 0 Å². The molecule has 29 heavy (non-hydrogen) atoms. The molecule has 0 aliphatic carbocycles. The van der Waals surface area contributed by atoms with Crippen molar-refractivity contribution >= 4 is 16.8 Å². The molecule has 0 bridgehead atoms. The zero-order valence-electron chi connectivity index (χ0n) is 15.7. The lowest BCUT2D eigenvalue weighted by Gasteiger charge is -2.15. The van der Waals surface area contributed by atoms with Crippen molar-refractivity contribution in [2.75, 3.05) is 0 Å². The highest BCUT2D eigenvalue weighted by molar-refractivity contribution is 6.02. The Morgan fingerprint density at radius 3 is 2.10 bits per heavy atom. The van der Waals surface area contributed by atoms with Crippen molar-refractivity contribution in [3.63, 3.8) is 0 Å². The molecule has 0 atom stereocenters. The van der Waals surface area contributed by atoms with Gasteiger partial charge in [-0.2, -0.15) is 0 Å². The summed E-state index contributed by atoms with van der Waals surface area (Å²) in [6.07, 6.45) is 0. The van der Waals surface area contributed by atoms with E-state index >= 15 is 0 Å². The number of fused-ring (bicyclic) bond motifs is 1. The van der Waals surface area contributed by atoms with E-state index in [1.54, 1.807) is 24.3 Å². The van der Waals surface area contributed by atoms with E-state index in [1.165, 1.54) is 4.57 Å². The molecule has 1 aromatic heterocycles. The maximum Gasteiger partial charge on any atom is 0.268 e. The lowest BCUT2D eigenvalue weighted by atomic mass is 10.1. The molecule has 0 spiro atoms. The third-order valence-corrected chi connectivity index (χ3v) is 4.85. The first-order chi connectivity index (χ1) is 14.1. The van der Waals surface area contributed by atoms with Crippen LogP contribution < -0.4 is 10.9 Å². The number of amides is 1. The topological polar surface area (TPSA) is 71.3 Å². The van der Waals surface area contributed by atoms with Gasteiger partial charge in [-0.15, -0.1) is 0 Å². The number of para-hydroxylation sites is 1. The van der Waals surface area contributed by atoms with E-state index < -0.39 is 11.5 Å². The first-order valence-corrected chi connectivity index (χ1v) is 9.35. The molecule has 5 nitrogen and oxygen atoms in total. The number of benzene rings is 3. The Morgan fingerprint density at radius 1 is 0.828 bits per heavy atom. The van der Waals surface area contributed by atoms with Crippen LogP contribution in [0.3, 0.4) is 0 Å². The Hall–Kier alpha value is -3.86. The molecule has 0 aliphatic rings. The molecule has 5 heteroatoms. The summed E-state index contributed by atoms with van der Waals surface area (Å²) in [4.78, 5) is 26.0. The summed E-state index contributed by atoms with van der Waals surface area (Å²) >= 11 is 0. The van der Waals surface area contributed by atoms with Gasteiger partial charge in [-0.3, -0.25) is 9.59 Å². The van der Waals surface area contributed by atoms with Gasteiger partial charge in [0.25, 0.3) is 11.5 Å². The molecule has 0 aliphatic heterocycles. The van der Waals surface area contributed by atoms with Crippen LogP contribution in [-0.4, -0.2) is 15.6 Å². The number of aromatic nitrogens is 1. The zero-order valence-corrected chi connectivity index (χ0v) is 15.7. The highest BCUT2D eigenvalue weighted by atomic mass is 16.3. The average molecular weight is 384 g/mol. The van der Waals surface area contributed by atoms with Crippen LogP contribution in [0.2, 0.25) is 0 Å². The number of carbonyl (C=O) groups excluding carboxylic acids is 1. The second-order valence-corrected chi connectivity index (χ2v) is 6.79. The van der Waals surface area contributed by atoms with Crippen molar-refractivity contribution in [3.8, 4) is 5.75 Å². The van der Waals surface area contributed by atoms with E-state index in [2.05, 4.69) is 5.32 Å². The van der Waals surface area contributed by atoms with Crippen molar-refractivity contribution in [1.82, 2.24) is 9.88 Å². The largest absolute Gasteiger partial charge is 0.506 e. The fourth-order valence-corrected chi connectivity index (χ4v) is 3.38. The number of pyridine rings is 1. The second-order valence-electron chi connectivity index (χ2n) is 6.79. The lowest BCUT2D eigenvalue weighted by Crippen LogP contribution is -2.33. The Kier molecular flexibility index (Phi) is 5.12. The predicted molar refractivity (Wildman–Crippen MR) is 113 cm³/mol. The monoisotopic (exact) mass is 384 g/mol. The first-order valence-electron chi connectivity index (χ1n) is 9.35. The van der Waals surface area contributed by atoms with E-state index in [-0.39, 0.29) is 17.9 Å². The van der Waals surface area contributed by atoms with Gasteiger partial charge in [0, 0.05) is 11.9 Å². The van der Waals surface area contributed by atoms with Gasteiger partial charge in [0.1, 0.15) is 11.3 Å². The normalized spacial score (nSPS) is 10.8. The number of hydrogen-bond acceptors (Lipinski definition) is 3. The Balaban J connectivity index is 1.77. The van der Waals surface area contributed by atoms with Crippen LogP contribution >= 0.6 is 0 Å². The van der Waals surface area contributed by atoms with E-state index in [0.29, 0.717) is 17.4 Å². The molecule has 0 radical (unpaired) electrons. The van der Waals surface area contributed by atoms with Crippen LogP contribution in [-0.2, 0) is 13.1 Å². The highest BCUT2D eigenvalue weighted by Crippen LogP contribution is 2.26. The maximum atomic E-state index is 13.2. The average Bonchev–Trinajstić information content (AvgIpc) is 2.77. The van der Waals surface area contributed by atoms with Gasteiger partial charge in [-0.25, -0.2) is 0 Å². The molecule has 1 amide bonds. The number of hydrogen-bond donors (Lipinski definition) is 2. The molecular weight excluding hydrogens is 364 g/mol.